The van der Waals surface area contributed by atoms with Crippen LogP contribution >= 0.6 is 22.6 Å². The molecule has 1 saturated carbocycles. The third-order valence-electron chi connectivity index (χ3n) is 6.19. The summed E-state index contributed by atoms with van der Waals surface area (Å²) in [5, 5.41) is 2.99. The van der Waals surface area contributed by atoms with Crippen molar-refractivity contribution in [2.45, 2.75) is 121 Å². The maximum Gasteiger partial charge on any atom is 0.396 e. The summed E-state index contributed by atoms with van der Waals surface area (Å²) < 4.78 is 5.25. The van der Waals surface area contributed by atoms with Crippen LogP contribution in [0.4, 0.5) is 0 Å². The van der Waals surface area contributed by atoms with Crippen LogP contribution in [0.3, 0.4) is 0 Å². The summed E-state index contributed by atoms with van der Waals surface area (Å²) in [7, 11) is 0. The maximum absolute atomic E-state index is 12.2. The molecular formula is C23H42INO3. The van der Waals surface area contributed by atoms with Crippen LogP contribution in [0.5, 0.6) is 0 Å². The van der Waals surface area contributed by atoms with Gasteiger partial charge in [0.05, 0.1) is 6.61 Å². The normalized spacial score (nSPS) is 30.5. The van der Waals surface area contributed by atoms with E-state index in [1.165, 1.54) is 51.4 Å². The van der Waals surface area contributed by atoms with Crippen LogP contribution in [0, 0.1) is 5.41 Å². The lowest BCUT2D eigenvalue weighted by Crippen LogP contribution is -2.49. The zero-order valence-electron chi connectivity index (χ0n) is 18.8. The van der Waals surface area contributed by atoms with Crippen LogP contribution in [-0.4, -0.2) is 27.4 Å². The van der Waals surface area contributed by atoms with E-state index >= 15 is 0 Å². The van der Waals surface area contributed by atoms with Crippen molar-refractivity contribution in [3.05, 3.63) is 0 Å². The first-order chi connectivity index (χ1) is 13.0. The number of carbonyl (C=O) groups excluding carboxylic acids is 2. The molecule has 0 spiro atoms. The highest BCUT2D eigenvalue weighted by Gasteiger charge is 2.30. The van der Waals surface area contributed by atoms with E-state index in [1.54, 1.807) is 6.92 Å². The van der Waals surface area contributed by atoms with Crippen LogP contribution in [-0.2, 0) is 14.3 Å². The average Bonchev–Trinajstić information content (AvgIpc) is 2.58. The summed E-state index contributed by atoms with van der Waals surface area (Å²) in [4.78, 5) is 24.0. The van der Waals surface area contributed by atoms with E-state index in [1.807, 2.05) is 0 Å². The van der Waals surface area contributed by atoms with Crippen LogP contribution in [0.25, 0.3) is 0 Å². The first-order valence-electron chi connectivity index (χ1n) is 11.2. The van der Waals surface area contributed by atoms with Gasteiger partial charge in [-0.1, -0.05) is 81.9 Å². The number of rotatable bonds is 2. The first kappa shape index (κ1) is 25.7. The number of halogens is 1. The molecule has 28 heavy (non-hydrogen) atoms. The fraction of sp³-hybridized carbons (Fsp3) is 0.913. The first-order valence-corrected chi connectivity index (χ1v) is 12.2. The van der Waals surface area contributed by atoms with E-state index in [0.29, 0.717) is 8.84 Å². The molecule has 2 unspecified atom stereocenters. The summed E-state index contributed by atoms with van der Waals surface area (Å²) in [5.74, 6) is -1.36. The van der Waals surface area contributed by atoms with Gasteiger partial charge in [0.15, 0.2) is 0 Å². The topological polar surface area (TPSA) is 55.4 Å². The highest BCUT2D eigenvalue weighted by atomic mass is 127. The number of carbonyl (C=O) groups is 2. The van der Waals surface area contributed by atoms with Gasteiger partial charge in [-0.2, -0.15) is 0 Å². The molecule has 1 fully saturated rings. The van der Waals surface area contributed by atoms with Crippen molar-refractivity contribution in [2.75, 3.05) is 6.61 Å². The zero-order valence-corrected chi connectivity index (χ0v) is 21.0. The van der Waals surface area contributed by atoms with Gasteiger partial charge in [-0.25, -0.2) is 4.79 Å². The number of esters is 1. The molecule has 0 saturated heterocycles. The Morgan fingerprint density at radius 3 is 1.96 bits per heavy atom. The minimum Gasteiger partial charge on any atom is -0.459 e. The van der Waals surface area contributed by atoms with Gasteiger partial charge in [0.25, 0.3) is 0 Å². The summed E-state index contributed by atoms with van der Waals surface area (Å²) in [5.41, 5.74) is 0.0409. The van der Waals surface area contributed by atoms with Crippen molar-refractivity contribution in [2.24, 2.45) is 5.41 Å². The molecule has 0 aromatic heterocycles. The molecule has 0 bridgehead atoms. The Morgan fingerprint density at radius 1 is 0.821 bits per heavy atom. The van der Waals surface area contributed by atoms with E-state index in [-0.39, 0.29) is 12.1 Å². The Labute approximate surface area is 186 Å². The molecule has 0 aliphatic heterocycles. The highest BCUT2D eigenvalue weighted by molar-refractivity contribution is 14.1. The third-order valence-corrected chi connectivity index (χ3v) is 7.27. The minimum atomic E-state index is -0.763. The van der Waals surface area contributed by atoms with Gasteiger partial charge in [0, 0.05) is 8.96 Å². The lowest BCUT2D eigenvalue weighted by Gasteiger charge is -2.31. The molecule has 4 nitrogen and oxygen atoms in total. The van der Waals surface area contributed by atoms with Crippen molar-refractivity contribution >= 4 is 34.5 Å². The zero-order chi connectivity index (χ0) is 21.3. The number of alkyl halides is 1. The van der Waals surface area contributed by atoms with Crippen LogP contribution in [0.15, 0.2) is 0 Å². The molecular weight excluding hydrogens is 465 g/mol. The Hall–Kier alpha value is -0.330. The van der Waals surface area contributed by atoms with Gasteiger partial charge in [-0.15, -0.1) is 0 Å². The predicted octanol–water partition coefficient (Wildman–Crippen LogP) is 6.34. The number of ether oxygens (including phenoxy) is 1. The highest BCUT2D eigenvalue weighted by Crippen LogP contribution is 2.36. The molecule has 0 radical (unpaired) electrons. The van der Waals surface area contributed by atoms with E-state index in [9.17, 15) is 9.59 Å². The molecule has 164 valence electrons. The van der Waals surface area contributed by atoms with E-state index in [2.05, 4.69) is 55.6 Å². The molecule has 2 atom stereocenters. The van der Waals surface area contributed by atoms with E-state index in [0.717, 1.165) is 25.7 Å². The number of amides is 1. The minimum absolute atomic E-state index is 0.229. The summed E-state index contributed by atoms with van der Waals surface area (Å²) in [6.07, 6.45) is 13.9. The lowest BCUT2D eigenvalue weighted by atomic mass is 9.80. The molecule has 1 N–H and O–H groups in total. The lowest BCUT2D eigenvalue weighted by molar-refractivity contribution is -0.155. The van der Waals surface area contributed by atoms with Crippen molar-refractivity contribution in [1.29, 1.82) is 0 Å². The van der Waals surface area contributed by atoms with E-state index in [4.69, 9.17) is 4.74 Å². The van der Waals surface area contributed by atoms with E-state index < -0.39 is 11.9 Å². The third kappa shape index (κ3) is 10.4. The average molecular weight is 507 g/mol. The summed E-state index contributed by atoms with van der Waals surface area (Å²) in [6, 6.07) is 0. The van der Waals surface area contributed by atoms with Crippen LogP contribution < -0.4 is 5.32 Å². The smallest absolute Gasteiger partial charge is 0.396 e. The quantitative estimate of drug-likeness (QED) is 0.205. The van der Waals surface area contributed by atoms with Gasteiger partial charge in [-0.3, -0.25) is 4.79 Å². The number of hydrogen-bond donors (Lipinski definition) is 1. The Morgan fingerprint density at radius 2 is 1.32 bits per heavy atom. The molecule has 0 aromatic carbocycles. The van der Waals surface area contributed by atoms with Crippen LogP contribution in [0.2, 0.25) is 0 Å². The molecule has 5 heteroatoms. The number of hydrogen-bond acceptors (Lipinski definition) is 3. The van der Waals surface area contributed by atoms with Crippen LogP contribution in [0.1, 0.15) is 112 Å². The molecule has 0 heterocycles. The second-order valence-corrected chi connectivity index (χ2v) is 12.5. The Balaban J connectivity index is 2.76. The van der Waals surface area contributed by atoms with Crippen molar-refractivity contribution in [1.82, 2.24) is 5.32 Å². The van der Waals surface area contributed by atoms with Crippen molar-refractivity contribution in [3.8, 4) is 0 Å². The van der Waals surface area contributed by atoms with Gasteiger partial charge < -0.3 is 10.1 Å². The van der Waals surface area contributed by atoms with Gasteiger partial charge in [-0.05, 0) is 57.8 Å². The fourth-order valence-corrected chi connectivity index (χ4v) is 5.02. The molecule has 1 aliphatic rings. The second kappa shape index (κ2) is 11.8. The molecule has 0 aromatic rings. The van der Waals surface area contributed by atoms with Gasteiger partial charge in [0.1, 0.15) is 0 Å². The maximum atomic E-state index is 12.2. The largest absolute Gasteiger partial charge is 0.459 e. The van der Waals surface area contributed by atoms with Gasteiger partial charge in [0.2, 0.25) is 0 Å². The van der Waals surface area contributed by atoms with Crippen molar-refractivity contribution in [3.63, 3.8) is 0 Å². The van der Waals surface area contributed by atoms with Crippen molar-refractivity contribution < 1.29 is 14.3 Å². The Kier molecular flexibility index (Phi) is 10.8. The molecule has 1 aliphatic carbocycles. The monoisotopic (exact) mass is 507 g/mol. The second-order valence-electron chi connectivity index (χ2n) is 9.93. The SMILES string of the molecule is CCOC(=O)C(=O)NC1(C)CCCCCC(C)(I)CCCC(C)(C)CCCC1. The molecule has 1 rings (SSSR count). The predicted molar refractivity (Wildman–Crippen MR) is 125 cm³/mol. The summed E-state index contributed by atoms with van der Waals surface area (Å²) >= 11 is 2.65. The van der Waals surface area contributed by atoms with Gasteiger partial charge >= 0.3 is 11.9 Å². The summed E-state index contributed by atoms with van der Waals surface area (Å²) in [6.45, 7) is 11.2. The standard InChI is InChI=1S/C23H42INO3/c1-6-28-20(27)19(26)25-23(5)17-9-7-8-15-22(4,24)16-12-14-21(2,3)13-10-11-18-23/h6-18H2,1-5H3,(H,25,26). The number of nitrogens with one attached hydrogen (secondary N) is 1. The fourth-order valence-electron chi connectivity index (χ4n) is 4.26. The Bertz CT molecular complexity index is 504. The molecule has 1 amide bonds.